The minimum Gasteiger partial charge on any atom is -0.397 e. The van der Waals surface area contributed by atoms with E-state index < -0.39 is 6.35 Å². The SMILES string of the molecule is Cc1ccncc1-c1cc(N)c2nnc(NC(O)N3CC(C#N)C3)cc2c1. The number of aromatic nitrogens is 3. The highest BCUT2D eigenvalue weighted by Gasteiger charge is 2.31. The zero-order chi connectivity index (χ0) is 19.0. The summed E-state index contributed by atoms with van der Waals surface area (Å²) in [5.41, 5.74) is 10.4. The number of anilines is 2. The fourth-order valence-electron chi connectivity index (χ4n) is 3.20. The van der Waals surface area contributed by atoms with Crippen LogP contribution in [0.4, 0.5) is 11.5 Å². The normalized spacial score (nSPS) is 15.9. The van der Waals surface area contributed by atoms with E-state index in [9.17, 15) is 5.11 Å². The Morgan fingerprint density at radius 3 is 2.89 bits per heavy atom. The van der Waals surface area contributed by atoms with Gasteiger partial charge in [-0.05, 0) is 42.3 Å². The number of fused-ring (bicyclic) bond motifs is 1. The second kappa shape index (κ2) is 6.79. The van der Waals surface area contributed by atoms with Crippen LogP contribution in [0, 0.1) is 24.2 Å². The van der Waals surface area contributed by atoms with Crippen molar-refractivity contribution in [2.75, 3.05) is 24.1 Å². The molecule has 4 N–H and O–H groups in total. The van der Waals surface area contributed by atoms with Gasteiger partial charge in [0.15, 0.2) is 12.2 Å². The standard InChI is InChI=1S/C19H19N7O/c1-11-2-3-22-8-15(11)13-4-14-6-17(24-25-18(14)16(21)5-13)23-19(27)26-9-12(7-20)10-26/h2-6,8,12,19,27H,9-10,21H2,1H3,(H,23,24). The molecule has 4 rings (SSSR count). The highest BCUT2D eigenvalue weighted by atomic mass is 16.3. The highest BCUT2D eigenvalue weighted by molar-refractivity contribution is 5.94. The first-order chi connectivity index (χ1) is 13.0. The lowest BCUT2D eigenvalue weighted by Gasteiger charge is -2.38. The molecule has 0 amide bonds. The molecule has 1 atom stereocenters. The van der Waals surface area contributed by atoms with Crippen molar-refractivity contribution in [1.29, 1.82) is 5.26 Å². The summed E-state index contributed by atoms with van der Waals surface area (Å²) in [7, 11) is 0. The third-order valence-corrected chi connectivity index (χ3v) is 4.78. The van der Waals surface area contributed by atoms with Gasteiger partial charge >= 0.3 is 0 Å². The molecule has 136 valence electrons. The Labute approximate surface area is 156 Å². The zero-order valence-electron chi connectivity index (χ0n) is 14.8. The Hall–Kier alpha value is -3.28. The van der Waals surface area contributed by atoms with Crippen molar-refractivity contribution in [2.24, 2.45) is 5.92 Å². The second-order valence-electron chi connectivity index (χ2n) is 6.72. The van der Waals surface area contributed by atoms with Crippen molar-refractivity contribution in [3.05, 3.63) is 42.2 Å². The fraction of sp³-hybridized carbons (Fsp3) is 0.263. The Kier molecular flexibility index (Phi) is 4.32. The molecule has 0 saturated carbocycles. The topological polar surface area (TPSA) is 124 Å². The number of nitriles is 1. The maximum Gasteiger partial charge on any atom is 0.185 e. The molecule has 3 heterocycles. The number of hydrogen-bond acceptors (Lipinski definition) is 8. The predicted octanol–water partition coefficient (Wildman–Crippen LogP) is 1.73. The summed E-state index contributed by atoms with van der Waals surface area (Å²) in [5, 5.41) is 31.1. The van der Waals surface area contributed by atoms with Crippen LogP contribution in [-0.2, 0) is 0 Å². The molecule has 1 aromatic carbocycles. The lowest BCUT2D eigenvalue weighted by molar-refractivity contribution is -0.0332. The number of aliphatic hydroxyl groups is 1. The van der Waals surface area contributed by atoms with Gasteiger partial charge in [0.2, 0.25) is 0 Å². The Bertz CT molecular complexity index is 1040. The van der Waals surface area contributed by atoms with E-state index in [0.717, 1.165) is 22.1 Å². The van der Waals surface area contributed by atoms with Crippen molar-refractivity contribution in [2.45, 2.75) is 13.3 Å². The predicted molar refractivity (Wildman–Crippen MR) is 102 cm³/mol. The van der Waals surface area contributed by atoms with Gasteiger partial charge in [-0.25, -0.2) is 0 Å². The van der Waals surface area contributed by atoms with Crippen molar-refractivity contribution in [3.63, 3.8) is 0 Å². The first-order valence-corrected chi connectivity index (χ1v) is 8.61. The third-order valence-electron chi connectivity index (χ3n) is 4.78. The number of rotatable bonds is 4. The van der Waals surface area contributed by atoms with E-state index in [2.05, 4.69) is 26.6 Å². The van der Waals surface area contributed by atoms with Crippen LogP contribution in [0.15, 0.2) is 36.7 Å². The largest absolute Gasteiger partial charge is 0.397 e. The van der Waals surface area contributed by atoms with Gasteiger partial charge in [-0.15, -0.1) is 10.2 Å². The average Bonchev–Trinajstić information content (AvgIpc) is 2.61. The first-order valence-electron chi connectivity index (χ1n) is 8.61. The van der Waals surface area contributed by atoms with Crippen molar-refractivity contribution >= 4 is 22.4 Å². The van der Waals surface area contributed by atoms with Crippen LogP contribution in [0.1, 0.15) is 5.56 Å². The number of likely N-dealkylation sites (tertiary alicyclic amines) is 1. The minimum atomic E-state index is -0.914. The van der Waals surface area contributed by atoms with Gasteiger partial charge in [-0.3, -0.25) is 9.88 Å². The molecule has 27 heavy (non-hydrogen) atoms. The molecule has 1 saturated heterocycles. The summed E-state index contributed by atoms with van der Waals surface area (Å²) in [5.74, 6) is 0.407. The number of pyridine rings is 1. The molecular formula is C19H19N7O. The van der Waals surface area contributed by atoms with Gasteiger partial charge in [0, 0.05) is 36.4 Å². The molecule has 3 aromatic rings. The minimum absolute atomic E-state index is 0.0331. The molecule has 1 aliphatic heterocycles. The highest BCUT2D eigenvalue weighted by Crippen LogP contribution is 2.30. The Morgan fingerprint density at radius 2 is 2.15 bits per heavy atom. The van der Waals surface area contributed by atoms with E-state index >= 15 is 0 Å². The van der Waals surface area contributed by atoms with Gasteiger partial charge in [0.1, 0.15) is 5.52 Å². The molecule has 1 aliphatic rings. The summed E-state index contributed by atoms with van der Waals surface area (Å²) >= 11 is 0. The number of nitrogen functional groups attached to an aromatic ring is 1. The van der Waals surface area contributed by atoms with Gasteiger partial charge in [-0.1, -0.05) is 0 Å². The number of aliphatic hydroxyl groups excluding tert-OH is 1. The zero-order valence-corrected chi connectivity index (χ0v) is 14.8. The maximum absolute atomic E-state index is 10.2. The quantitative estimate of drug-likeness (QED) is 0.474. The molecular weight excluding hydrogens is 342 g/mol. The molecule has 1 unspecified atom stereocenters. The van der Waals surface area contributed by atoms with Crippen LogP contribution in [0.2, 0.25) is 0 Å². The van der Waals surface area contributed by atoms with Crippen LogP contribution in [0.25, 0.3) is 22.0 Å². The monoisotopic (exact) mass is 361 g/mol. The van der Waals surface area contributed by atoms with Crippen LogP contribution < -0.4 is 11.1 Å². The fourth-order valence-corrected chi connectivity index (χ4v) is 3.20. The number of benzene rings is 1. The van der Waals surface area contributed by atoms with E-state index in [-0.39, 0.29) is 5.92 Å². The average molecular weight is 361 g/mol. The van der Waals surface area contributed by atoms with Crippen LogP contribution in [0.5, 0.6) is 0 Å². The Balaban J connectivity index is 1.63. The lowest BCUT2D eigenvalue weighted by Crippen LogP contribution is -2.54. The molecule has 0 radical (unpaired) electrons. The summed E-state index contributed by atoms with van der Waals surface area (Å²) < 4.78 is 0. The number of nitrogens with zero attached hydrogens (tertiary/aromatic N) is 5. The third kappa shape index (κ3) is 3.26. The van der Waals surface area contributed by atoms with E-state index in [4.69, 9.17) is 11.0 Å². The smallest absolute Gasteiger partial charge is 0.185 e. The summed E-state index contributed by atoms with van der Waals surface area (Å²) in [6.45, 7) is 3.08. The molecule has 1 fully saturated rings. The van der Waals surface area contributed by atoms with Gasteiger partial charge in [-0.2, -0.15) is 5.26 Å². The van der Waals surface area contributed by atoms with Crippen molar-refractivity contribution in [1.82, 2.24) is 20.1 Å². The van der Waals surface area contributed by atoms with Crippen molar-refractivity contribution < 1.29 is 5.11 Å². The van der Waals surface area contributed by atoms with Crippen LogP contribution in [0.3, 0.4) is 0 Å². The number of nitrogens with one attached hydrogen (secondary N) is 1. The summed E-state index contributed by atoms with van der Waals surface area (Å²) in [6, 6.07) is 9.78. The van der Waals surface area contributed by atoms with E-state index in [1.807, 2.05) is 31.3 Å². The first kappa shape index (κ1) is 17.1. The maximum atomic E-state index is 10.2. The number of hydrogen-bond donors (Lipinski definition) is 3. The molecule has 0 aliphatic carbocycles. The molecule has 0 spiro atoms. The molecule has 0 bridgehead atoms. The number of aryl methyl sites for hydroxylation is 1. The van der Waals surface area contributed by atoms with E-state index in [1.54, 1.807) is 17.2 Å². The molecule has 8 heteroatoms. The Morgan fingerprint density at radius 1 is 1.33 bits per heavy atom. The van der Waals surface area contributed by atoms with Crippen molar-refractivity contribution in [3.8, 4) is 17.2 Å². The number of nitrogens with two attached hydrogens (primary N) is 1. The van der Waals surface area contributed by atoms with Gasteiger partial charge in [0.25, 0.3) is 0 Å². The van der Waals surface area contributed by atoms with Gasteiger partial charge < -0.3 is 16.2 Å². The summed E-state index contributed by atoms with van der Waals surface area (Å²) in [6.07, 6.45) is 2.65. The molecule has 2 aromatic heterocycles. The molecule has 8 nitrogen and oxygen atoms in total. The summed E-state index contributed by atoms with van der Waals surface area (Å²) in [4.78, 5) is 5.95. The lowest BCUT2D eigenvalue weighted by atomic mass is 10.0. The van der Waals surface area contributed by atoms with Gasteiger partial charge in [0.05, 0.1) is 17.7 Å². The second-order valence-corrected chi connectivity index (χ2v) is 6.72. The van der Waals surface area contributed by atoms with Crippen LogP contribution >= 0.6 is 0 Å². The van der Waals surface area contributed by atoms with E-state index in [1.165, 1.54) is 0 Å². The van der Waals surface area contributed by atoms with Crippen LogP contribution in [-0.4, -0.2) is 44.6 Å². The van der Waals surface area contributed by atoms with E-state index in [0.29, 0.717) is 30.1 Å².